The molecule has 9 nitrogen and oxygen atoms in total. The molecule has 3 amide bonds. The minimum atomic E-state index is -3.56. The van der Waals surface area contributed by atoms with Crippen LogP contribution in [0.4, 0.5) is 16.3 Å². The quantitative estimate of drug-likeness (QED) is 0.682. The lowest BCUT2D eigenvalue weighted by atomic mass is 10.1. The van der Waals surface area contributed by atoms with Crippen molar-refractivity contribution < 1.29 is 18.0 Å². The summed E-state index contributed by atoms with van der Waals surface area (Å²) in [5.41, 5.74) is 0.221. The molecule has 1 aliphatic heterocycles. The predicted molar refractivity (Wildman–Crippen MR) is 124 cm³/mol. The summed E-state index contributed by atoms with van der Waals surface area (Å²) in [6.45, 7) is 6.85. The average Bonchev–Trinajstić information content (AvgIpc) is 2.74. The molecular formula is C21H26ClN5O4S. The van der Waals surface area contributed by atoms with E-state index in [2.05, 4.69) is 34.4 Å². The van der Waals surface area contributed by atoms with E-state index in [0.717, 1.165) is 19.3 Å². The van der Waals surface area contributed by atoms with Crippen LogP contribution in [0.1, 0.15) is 24.2 Å². The first-order valence-electron chi connectivity index (χ1n) is 10.1. The van der Waals surface area contributed by atoms with Crippen LogP contribution in [0.2, 0.25) is 5.02 Å². The highest BCUT2D eigenvalue weighted by Crippen LogP contribution is 2.23. The van der Waals surface area contributed by atoms with Gasteiger partial charge in [0.2, 0.25) is 0 Å². The van der Waals surface area contributed by atoms with Gasteiger partial charge in [0.05, 0.1) is 21.2 Å². The van der Waals surface area contributed by atoms with Gasteiger partial charge in [0.25, 0.3) is 5.91 Å². The van der Waals surface area contributed by atoms with E-state index >= 15 is 0 Å². The number of rotatable bonds is 5. The zero-order chi connectivity index (χ0) is 23.5. The summed E-state index contributed by atoms with van der Waals surface area (Å²) in [5.74, 6) is -0.364. The largest absolute Gasteiger partial charge is 0.322 e. The molecule has 0 spiro atoms. The molecule has 2 N–H and O–H groups in total. The lowest BCUT2D eigenvalue weighted by Gasteiger charge is -2.36. The smallest absolute Gasteiger partial charge is 0.321 e. The van der Waals surface area contributed by atoms with Gasteiger partial charge in [-0.15, -0.1) is 0 Å². The highest BCUT2D eigenvalue weighted by molar-refractivity contribution is 7.90. The summed E-state index contributed by atoms with van der Waals surface area (Å²) >= 11 is 5.82. The number of carbonyl (C=O) groups is 2. The number of nitrogens with one attached hydrogen (secondary N) is 2. The van der Waals surface area contributed by atoms with Crippen molar-refractivity contribution in [3.8, 4) is 0 Å². The SMILES string of the molecule is CC(C)N1CCN(C(=O)Nc2ccc(S(C)(=O)=O)cc2C(=O)Nc2ccc(Cl)cn2)CC1. The van der Waals surface area contributed by atoms with Crippen molar-refractivity contribution in [2.24, 2.45) is 0 Å². The third-order valence-corrected chi connectivity index (χ3v) is 6.54. The first-order valence-corrected chi connectivity index (χ1v) is 12.4. The van der Waals surface area contributed by atoms with E-state index in [1.807, 2.05) is 0 Å². The molecular weight excluding hydrogens is 454 g/mol. The molecule has 0 aliphatic carbocycles. The van der Waals surface area contributed by atoms with Gasteiger partial charge >= 0.3 is 6.03 Å². The van der Waals surface area contributed by atoms with Crippen molar-refractivity contribution in [3.63, 3.8) is 0 Å². The molecule has 0 bridgehead atoms. The molecule has 1 aliphatic rings. The van der Waals surface area contributed by atoms with Gasteiger partial charge in [-0.1, -0.05) is 11.6 Å². The Kier molecular flexibility index (Phi) is 7.37. The van der Waals surface area contributed by atoms with E-state index in [9.17, 15) is 18.0 Å². The number of hydrogen-bond acceptors (Lipinski definition) is 6. The van der Waals surface area contributed by atoms with Crippen molar-refractivity contribution >= 4 is 44.9 Å². The fraction of sp³-hybridized carbons (Fsp3) is 0.381. The number of aromatic nitrogens is 1. The summed E-state index contributed by atoms with van der Waals surface area (Å²) < 4.78 is 24.0. The third kappa shape index (κ3) is 5.96. The van der Waals surface area contributed by atoms with Crippen LogP contribution in [0.5, 0.6) is 0 Å². The predicted octanol–water partition coefficient (Wildman–Crippen LogP) is 2.95. The van der Waals surface area contributed by atoms with Crippen molar-refractivity contribution in [2.45, 2.75) is 24.8 Å². The minimum Gasteiger partial charge on any atom is -0.322 e. The van der Waals surface area contributed by atoms with E-state index in [0.29, 0.717) is 24.2 Å². The van der Waals surface area contributed by atoms with E-state index < -0.39 is 15.7 Å². The number of benzene rings is 1. The summed E-state index contributed by atoms with van der Waals surface area (Å²) in [4.78, 5) is 33.7. The Hall–Kier alpha value is -2.69. The lowest BCUT2D eigenvalue weighted by Crippen LogP contribution is -2.51. The number of urea groups is 1. The van der Waals surface area contributed by atoms with Crippen molar-refractivity contribution in [1.82, 2.24) is 14.8 Å². The molecule has 0 atom stereocenters. The number of anilines is 2. The average molecular weight is 480 g/mol. The number of amides is 3. The fourth-order valence-electron chi connectivity index (χ4n) is 3.32. The Morgan fingerprint density at radius 3 is 2.31 bits per heavy atom. The van der Waals surface area contributed by atoms with Crippen molar-refractivity contribution in [1.29, 1.82) is 0 Å². The fourth-order valence-corrected chi connectivity index (χ4v) is 4.08. The van der Waals surface area contributed by atoms with Gasteiger partial charge in [-0.25, -0.2) is 18.2 Å². The van der Waals surface area contributed by atoms with Gasteiger partial charge in [0, 0.05) is 44.7 Å². The molecule has 1 aromatic heterocycles. The van der Waals surface area contributed by atoms with Crippen LogP contribution in [0.3, 0.4) is 0 Å². The maximum atomic E-state index is 12.9. The molecule has 0 unspecified atom stereocenters. The van der Waals surface area contributed by atoms with E-state index in [1.54, 1.807) is 11.0 Å². The van der Waals surface area contributed by atoms with Gasteiger partial charge < -0.3 is 15.5 Å². The van der Waals surface area contributed by atoms with Crippen molar-refractivity contribution in [2.75, 3.05) is 43.1 Å². The van der Waals surface area contributed by atoms with Gasteiger partial charge in [-0.3, -0.25) is 9.69 Å². The van der Waals surface area contributed by atoms with E-state index in [1.165, 1.54) is 30.5 Å². The number of hydrogen-bond donors (Lipinski definition) is 2. The highest BCUT2D eigenvalue weighted by atomic mass is 35.5. The van der Waals surface area contributed by atoms with Crippen LogP contribution in [0, 0.1) is 0 Å². The summed E-state index contributed by atoms with van der Waals surface area (Å²) in [5, 5.41) is 5.76. The maximum absolute atomic E-state index is 12.9. The van der Waals surface area contributed by atoms with Gasteiger partial charge in [-0.05, 0) is 44.2 Å². The zero-order valence-electron chi connectivity index (χ0n) is 18.1. The molecule has 0 saturated carbocycles. The zero-order valence-corrected chi connectivity index (χ0v) is 19.7. The lowest BCUT2D eigenvalue weighted by molar-refractivity contribution is 0.102. The Balaban J connectivity index is 1.82. The number of nitrogens with zero attached hydrogens (tertiary/aromatic N) is 3. The molecule has 0 radical (unpaired) electrons. The van der Waals surface area contributed by atoms with Crippen LogP contribution in [-0.2, 0) is 9.84 Å². The Morgan fingerprint density at radius 1 is 1.06 bits per heavy atom. The second kappa shape index (κ2) is 9.85. The van der Waals surface area contributed by atoms with Crippen LogP contribution >= 0.6 is 11.6 Å². The Morgan fingerprint density at radius 2 is 1.75 bits per heavy atom. The van der Waals surface area contributed by atoms with Crippen LogP contribution < -0.4 is 10.6 Å². The molecule has 32 heavy (non-hydrogen) atoms. The number of sulfone groups is 1. The molecule has 1 aromatic carbocycles. The highest BCUT2D eigenvalue weighted by Gasteiger charge is 2.24. The van der Waals surface area contributed by atoms with Crippen LogP contribution in [-0.4, -0.2) is 73.6 Å². The summed E-state index contributed by atoms with van der Waals surface area (Å²) in [7, 11) is -3.56. The minimum absolute atomic E-state index is 0.0128. The topological polar surface area (TPSA) is 112 Å². The summed E-state index contributed by atoms with van der Waals surface area (Å²) in [6.07, 6.45) is 2.43. The van der Waals surface area contributed by atoms with E-state index in [4.69, 9.17) is 11.6 Å². The third-order valence-electron chi connectivity index (χ3n) is 5.21. The monoisotopic (exact) mass is 479 g/mol. The number of piperazine rings is 1. The molecule has 11 heteroatoms. The molecule has 1 saturated heterocycles. The van der Waals surface area contributed by atoms with Crippen molar-refractivity contribution in [3.05, 3.63) is 47.1 Å². The molecule has 2 heterocycles. The van der Waals surface area contributed by atoms with E-state index in [-0.39, 0.29) is 28.0 Å². The Bertz CT molecular complexity index is 1100. The number of halogens is 1. The van der Waals surface area contributed by atoms with Gasteiger partial charge in [-0.2, -0.15) is 0 Å². The Labute approximate surface area is 192 Å². The number of pyridine rings is 1. The number of carbonyl (C=O) groups excluding carboxylic acids is 2. The molecule has 2 aromatic rings. The second-order valence-corrected chi connectivity index (χ2v) is 10.3. The normalized spacial score (nSPS) is 15.0. The maximum Gasteiger partial charge on any atom is 0.321 e. The summed E-state index contributed by atoms with van der Waals surface area (Å²) in [6, 6.07) is 7.16. The molecule has 3 rings (SSSR count). The first-order chi connectivity index (χ1) is 15.0. The molecule has 1 fully saturated rings. The molecule has 172 valence electrons. The van der Waals surface area contributed by atoms with Crippen LogP contribution in [0.15, 0.2) is 41.4 Å². The first kappa shape index (κ1) is 24.0. The van der Waals surface area contributed by atoms with Gasteiger partial charge in [0.15, 0.2) is 9.84 Å². The second-order valence-electron chi connectivity index (χ2n) is 7.84. The standard InChI is InChI=1S/C21H26ClN5O4S/c1-14(2)26-8-10-27(11-9-26)21(29)24-18-6-5-16(32(3,30)31)12-17(18)20(28)25-19-7-4-15(22)13-23-19/h4-7,12-14H,8-11H2,1-3H3,(H,24,29)(H,23,25,28). The van der Waals surface area contributed by atoms with Gasteiger partial charge in [0.1, 0.15) is 5.82 Å². The van der Waals surface area contributed by atoms with Crippen LogP contribution in [0.25, 0.3) is 0 Å².